The molecule has 1 aliphatic rings. The predicted molar refractivity (Wildman–Crippen MR) is 94.1 cm³/mol. The fourth-order valence-corrected chi connectivity index (χ4v) is 2.98. The molecule has 0 spiro atoms. The molecule has 0 bridgehead atoms. The van der Waals surface area contributed by atoms with Crippen LogP contribution >= 0.6 is 0 Å². The monoisotopic (exact) mass is 326 g/mol. The second-order valence-electron chi connectivity index (χ2n) is 5.87. The van der Waals surface area contributed by atoms with E-state index in [2.05, 4.69) is 16.7 Å². The van der Waals surface area contributed by atoms with Crippen LogP contribution in [-0.2, 0) is 13.0 Å². The summed E-state index contributed by atoms with van der Waals surface area (Å²) in [6, 6.07) is 9.52. The zero-order valence-electron chi connectivity index (χ0n) is 14.2. The first-order chi connectivity index (χ1) is 11.6. The van der Waals surface area contributed by atoms with Crippen LogP contribution in [0.3, 0.4) is 0 Å². The Hall–Kier alpha value is -2.53. The van der Waals surface area contributed by atoms with Crippen LogP contribution in [0.1, 0.15) is 27.0 Å². The summed E-state index contributed by atoms with van der Waals surface area (Å²) in [5.41, 5.74) is 4.74. The Kier molecular flexibility index (Phi) is 4.71. The second kappa shape index (κ2) is 6.93. The average molecular weight is 326 g/mol. The summed E-state index contributed by atoms with van der Waals surface area (Å²) in [4.78, 5) is 12.6. The zero-order chi connectivity index (χ0) is 17.1. The molecular weight excluding hydrogens is 304 g/mol. The Morgan fingerprint density at radius 1 is 1.08 bits per heavy atom. The highest BCUT2D eigenvalue weighted by Gasteiger charge is 2.15. The van der Waals surface area contributed by atoms with E-state index in [9.17, 15) is 4.79 Å². The molecule has 5 heteroatoms. The van der Waals surface area contributed by atoms with E-state index in [0.717, 1.165) is 30.8 Å². The van der Waals surface area contributed by atoms with Gasteiger partial charge in [0.15, 0.2) is 0 Å². The molecule has 3 rings (SSSR count). The molecule has 5 nitrogen and oxygen atoms in total. The fraction of sp³-hybridized carbons (Fsp3) is 0.316. The molecule has 0 radical (unpaired) electrons. The Morgan fingerprint density at radius 2 is 1.79 bits per heavy atom. The molecule has 1 amide bonds. The van der Waals surface area contributed by atoms with E-state index in [0.29, 0.717) is 17.1 Å². The number of carbonyl (C=O) groups is 1. The highest BCUT2D eigenvalue weighted by molar-refractivity contribution is 6.05. The maximum atomic E-state index is 12.6. The van der Waals surface area contributed by atoms with Crippen molar-refractivity contribution in [3.05, 3.63) is 52.6 Å². The van der Waals surface area contributed by atoms with Crippen molar-refractivity contribution < 1.29 is 14.3 Å². The van der Waals surface area contributed by atoms with Crippen molar-refractivity contribution in [3.8, 4) is 11.5 Å². The number of anilines is 1. The Labute approximate surface area is 142 Å². The van der Waals surface area contributed by atoms with E-state index in [-0.39, 0.29) is 5.91 Å². The zero-order valence-corrected chi connectivity index (χ0v) is 14.2. The van der Waals surface area contributed by atoms with Gasteiger partial charge in [-0.2, -0.15) is 0 Å². The van der Waals surface area contributed by atoms with E-state index in [1.165, 1.54) is 11.1 Å². The lowest BCUT2D eigenvalue weighted by Gasteiger charge is -2.18. The van der Waals surface area contributed by atoms with Crippen LogP contribution in [0.25, 0.3) is 0 Å². The number of nitrogens with one attached hydrogen (secondary N) is 2. The average Bonchev–Trinajstić information content (AvgIpc) is 2.61. The molecule has 1 heterocycles. The number of amides is 1. The Morgan fingerprint density at radius 3 is 2.46 bits per heavy atom. The topological polar surface area (TPSA) is 59.6 Å². The molecule has 2 aromatic rings. The molecule has 126 valence electrons. The summed E-state index contributed by atoms with van der Waals surface area (Å²) in [6.07, 6.45) is 1.02. The van der Waals surface area contributed by atoms with Gasteiger partial charge in [-0.05, 0) is 55.3 Å². The van der Waals surface area contributed by atoms with Crippen molar-refractivity contribution in [2.24, 2.45) is 0 Å². The third-order valence-electron chi connectivity index (χ3n) is 4.37. The van der Waals surface area contributed by atoms with Gasteiger partial charge in [-0.25, -0.2) is 0 Å². The van der Waals surface area contributed by atoms with Gasteiger partial charge in [0.1, 0.15) is 11.5 Å². The second-order valence-corrected chi connectivity index (χ2v) is 5.87. The maximum Gasteiger partial charge on any atom is 0.255 e. The standard InChI is InChI=1S/C19H22N2O3/c1-12-17(23-2)9-14(10-18(12)24-3)19(22)21-16-5-4-13-6-7-20-11-15(13)8-16/h4-5,8-10,20H,6-7,11H2,1-3H3,(H,21,22). The molecule has 2 N–H and O–H groups in total. The summed E-state index contributed by atoms with van der Waals surface area (Å²) in [6.45, 7) is 3.74. The van der Waals surface area contributed by atoms with Gasteiger partial charge in [-0.1, -0.05) is 6.07 Å². The minimum absolute atomic E-state index is 0.185. The molecule has 0 fully saturated rings. The Bertz CT molecular complexity index is 746. The molecule has 0 unspecified atom stereocenters. The van der Waals surface area contributed by atoms with Gasteiger partial charge >= 0.3 is 0 Å². The maximum absolute atomic E-state index is 12.6. The van der Waals surface area contributed by atoms with Crippen molar-refractivity contribution in [2.45, 2.75) is 19.9 Å². The number of ether oxygens (including phenoxy) is 2. The number of fused-ring (bicyclic) bond motifs is 1. The summed E-state index contributed by atoms with van der Waals surface area (Å²) >= 11 is 0. The molecule has 1 aliphatic heterocycles. The SMILES string of the molecule is COc1cc(C(=O)Nc2ccc3c(c2)CNCC3)cc(OC)c1C. The van der Waals surface area contributed by atoms with Crippen molar-refractivity contribution in [2.75, 3.05) is 26.1 Å². The molecule has 0 atom stereocenters. The normalized spacial score (nSPS) is 13.1. The van der Waals surface area contributed by atoms with Gasteiger partial charge in [-0.15, -0.1) is 0 Å². The van der Waals surface area contributed by atoms with E-state index in [1.807, 2.05) is 19.1 Å². The van der Waals surface area contributed by atoms with Crippen LogP contribution in [0, 0.1) is 6.92 Å². The van der Waals surface area contributed by atoms with Gasteiger partial charge in [0, 0.05) is 23.4 Å². The highest BCUT2D eigenvalue weighted by Crippen LogP contribution is 2.30. The lowest BCUT2D eigenvalue weighted by Crippen LogP contribution is -2.23. The lowest BCUT2D eigenvalue weighted by atomic mass is 10.0. The minimum atomic E-state index is -0.185. The van der Waals surface area contributed by atoms with Crippen LogP contribution in [-0.4, -0.2) is 26.7 Å². The smallest absolute Gasteiger partial charge is 0.255 e. The lowest BCUT2D eigenvalue weighted by molar-refractivity contribution is 0.102. The van der Waals surface area contributed by atoms with E-state index >= 15 is 0 Å². The first kappa shape index (κ1) is 16.3. The summed E-state index contributed by atoms with van der Waals surface area (Å²) in [5.74, 6) is 1.08. The predicted octanol–water partition coefficient (Wildman–Crippen LogP) is 2.91. The van der Waals surface area contributed by atoms with Gasteiger partial charge < -0.3 is 20.1 Å². The number of hydrogen-bond acceptors (Lipinski definition) is 4. The van der Waals surface area contributed by atoms with Crippen molar-refractivity contribution in [1.82, 2.24) is 5.32 Å². The fourth-order valence-electron chi connectivity index (χ4n) is 2.98. The van der Waals surface area contributed by atoms with Crippen LogP contribution < -0.4 is 20.1 Å². The van der Waals surface area contributed by atoms with Crippen molar-refractivity contribution in [3.63, 3.8) is 0 Å². The van der Waals surface area contributed by atoms with E-state index in [4.69, 9.17) is 9.47 Å². The Balaban J connectivity index is 1.85. The third kappa shape index (κ3) is 3.21. The number of hydrogen-bond donors (Lipinski definition) is 2. The van der Waals surface area contributed by atoms with Crippen molar-refractivity contribution >= 4 is 11.6 Å². The molecule has 0 aromatic heterocycles. The van der Waals surface area contributed by atoms with Gasteiger partial charge in [0.2, 0.25) is 0 Å². The first-order valence-electron chi connectivity index (χ1n) is 7.99. The van der Waals surface area contributed by atoms with Crippen LogP contribution in [0.15, 0.2) is 30.3 Å². The van der Waals surface area contributed by atoms with Crippen LogP contribution in [0.5, 0.6) is 11.5 Å². The van der Waals surface area contributed by atoms with Crippen LogP contribution in [0.4, 0.5) is 5.69 Å². The molecular formula is C19H22N2O3. The number of methoxy groups -OCH3 is 2. The number of benzene rings is 2. The quantitative estimate of drug-likeness (QED) is 0.907. The minimum Gasteiger partial charge on any atom is -0.496 e. The first-order valence-corrected chi connectivity index (χ1v) is 7.99. The summed E-state index contributed by atoms with van der Waals surface area (Å²) in [5, 5.41) is 6.30. The highest BCUT2D eigenvalue weighted by atomic mass is 16.5. The molecule has 0 saturated carbocycles. The summed E-state index contributed by atoms with van der Waals surface area (Å²) < 4.78 is 10.7. The molecule has 0 aliphatic carbocycles. The molecule has 0 saturated heterocycles. The van der Waals surface area contributed by atoms with Crippen LogP contribution in [0.2, 0.25) is 0 Å². The number of carbonyl (C=O) groups excluding carboxylic acids is 1. The number of rotatable bonds is 4. The van der Waals surface area contributed by atoms with E-state index < -0.39 is 0 Å². The molecule has 24 heavy (non-hydrogen) atoms. The molecule has 2 aromatic carbocycles. The van der Waals surface area contributed by atoms with Gasteiger partial charge in [0.25, 0.3) is 5.91 Å². The van der Waals surface area contributed by atoms with E-state index in [1.54, 1.807) is 26.4 Å². The van der Waals surface area contributed by atoms with Crippen molar-refractivity contribution in [1.29, 1.82) is 0 Å². The van der Waals surface area contributed by atoms with Gasteiger partial charge in [0.05, 0.1) is 14.2 Å². The van der Waals surface area contributed by atoms with Gasteiger partial charge in [-0.3, -0.25) is 4.79 Å². The summed E-state index contributed by atoms with van der Waals surface area (Å²) in [7, 11) is 3.17. The largest absolute Gasteiger partial charge is 0.496 e. The third-order valence-corrected chi connectivity index (χ3v) is 4.37.